The summed E-state index contributed by atoms with van der Waals surface area (Å²) in [6.07, 6.45) is 0. The summed E-state index contributed by atoms with van der Waals surface area (Å²) in [6, 6.07) is 26.7. The molecule has 0 spiro atoms. The van der Waals surface area contributed by atoms with Gasteiger partial charge in [0.15, 0.2) is 0 Å². The number of hydrogen-bond acceptors (Lipinski definition) is 3. The number of para-hydroxylation sites is 1. The molecule has 0 aliphatic carbocycles. The maximum absolute atomic E-state index is 13.1. The van der Waals surface area contributed by atoms with Crippen molar-refractivity contribution in [3.8, 4) is 11.1 Å². The third-order valence-electron chi connectivity index (χ3n) is 6.36. The van der Waals surface area contributed by atoms with E-state index < -0.39 is 0 Å². The van der Waals surface area contributed by atoms with Gasteiger partial charge in [0.25, 0.3) is 5.91 Å². The average molecular weight is 422 g/mol. The summed E-state index contributed by atoms with van der Waals surface area (Å²) in [5.74, 6) is 1.10. The van der Waals surface area contributed by atoms with Crippen molar-refractivity contribution >= 4 is 22.6 Å². The lowest BCUT2D eigenvalue weighted by Crippen LogP contribution is -2.49. The standard InChI is InChI=1S/C28H27N3O/c1-20-7-6-10-25-21(2)19-26(29-27(20)25)30-15-17-31(18-16-30)28(32)24-13-11-23(12-14-24)22-8-4-3-5-9-22/h3-14,19H,15-18H2,1-2H3. The number of pyridine rings is 1. The van der Waals surface area contributed by atoms with E-state index in [9.17, 15) is 4.79 Å². The Balaban J connectivity index is 1.28. The molecule has 1 saturated heterocycles. The molecule has 32 heavy (non-hydrogen) atoms. The van der Waals surface area contributed by atoms with E-state index in [1.807, 2.05) is 47.4 Å². The second-order valence-corrected chi connectivity index (χ2v) is 8.49. The molecule has 1 amide bonds. The molecule has 0 N–H and O–H groups in total. The molecule has 2 heterocycles. The highest BCUT2D eigenvalue weighted by Crippen LogP contribution is 2.26. The fraction of sp³-hybridized carbons (Fsp3) is 0.214. The summed E-state index contributed by atoms with van der Waals surface area (Å²) in [5.41, 5.74) is 6.53. The van der Waals surface area contributed by atoms with Gasteiger partial charge in [-0.3, -0.25) is 4.79 Å². The van der Waals surface area contributed by atoms with Crippen LogP contribution in [0.25, 0.3) is 22.0 Å². The first kappa shape index (κ1) is 20.3. The van der Waals surface area contributed by atoms with Crippen LogP contribution in [-0.4, -0.2) is 42.0 Å². The topological polar surface area (TPSA) is 36.4 Å². The maximum atomic E-state index is 13.1. The first-order chi connectivity index (χ1) is 15.6. The average Bonchev–Trinajstić information content (AvgIpc) is 2.85. The van der Waals surface area contributed by atoms with E-state index in [2.05, 4.69) is 55.1 Å². The number of anilines is 1. The van der Waals surface area contributed by atoms with Crippen molar-refractivity contribution in [2.24, 2.45) is 0 Å². The molecule has 0 bridgehead atoms. The van der Waals surface area contributed by atoms with E-state index in [1.165, 1.54) is 16.5 Å². The van der Waals surface area contributed by atoms with E-state index in [-0.39, 0.29) is 5.91 Å². The van der Waals surface area contributed by atoms with Gasteiger partial charge < -0.3 is 9.80 Å². The van der Waals surface area contributed by atoms with Gasteiger partial charge in [-0.25, -0.2) is 4.98 Å². The number of nitrogens with zero attached hydrogens (tertiary/aromatic N) is 3. The molecule has 0 atom stereocenters. The van der Waals surface area contributed by atoms with E-state index in [0.717, 1.165) is 41.1 Å². The van der Waals surface area contributed by atoms with Gasteiger partial charge in [0, 0.05) is 37.1 Å². The second kappa shape index (κ2) is 8.46. The van der Waals surface area contributed by atoms with E-state index in [4.69, 9.17) is 4.98 Å². The number of aromatic nitrogens is 1. The van der Waals surface area contributed by atoms with Crippen LogP contribution in [0.3, 0.4) is 0 Å². The molecule has 1 aliphatic heterocycles. The number of rotatable bonds is 3. The lowest BCUT2D eigenvalue weighted by molar-refractivity contribution is 0.0746. The predicted molar refractivity (Wildman–Crippen MR) is 131 cm³/mol. The number of carbonyl (C=O) groups excluding carboxylic acids is 1. The largest absolute Gasteiger partial charge is 0.353 e. The van der Waals surface area contributed by atoms with Crippen molar-refractivity contribution in [1.82, 2.24) is 9.88 Å². The van der Waals surface area contributed by atoms with Gasteiger partial charge in [0.05, 0.1) is 5.52 Å². The van der Waals surface area contributed by atoms with Crippen molar-refractivity contribution in [2.75, 3.05) is 31.1 Å². The molecule has 1 aromatic heterocycles. The SMILES string of the molecule is Cc1cc(N2CCN(C(=O)c3ccc(-c4ccccc4)cc3)CC2)nc2c(C)cccc12. The van der Waals surface area contributed by atoms with Crippen LogP contribution in [0.1, 0.15) is 21.5 Å². The second-order valence-electron chi connectivity index (χ2n) is 8.49. The molecule has 160 valence electrons. The molecular formula is C28H27N3O. The highest BCUT2D eigenvalue weighted by atomic mass is 16.2. The first-order valence-electron chi connectivity index (χ1n) is 11.2. The van der Waals surface area contributed by atoms with Crippen LogP contribution < -0.4 is 4.90 Å². The summed E-state index contributed by atoms with van der Waals surface area (Å²) in [6.45, 7) is 7.23. The molecule has 0 saturated carbocycles. The zero-order valence-electron chi connectivity index (χ0n) is 18.6. The van der Waals surface area contributed by atoms with Crippen LogP contribution in [0, 0.1) is 13.8 Å². The van der Waals surface area contributed by atoms with Crippen molar-refractivity contribution in [3.63, 3.8) is 0 Å². The van der Waals surface area contributed by atoms with Crippen LogP contribution in [0.4, 0.5) is 5.82 Å². The predicted octanol–water partition coefficient (Wildman–Crippen LogP) is 5.48. The molecule has 4 nitrogen and oxygen atoms in total. The van der Waals surface area contributed by atoms with Crippen LogP contribution in [-0.2, 0) is 0 Å². The number of fused-ring (bicyclic) bond motifs is 1. The molecule has 4 heteroatoms. The highest BCUT2D eigenvalue weighted by Gasteiger charge is 2.23. The highest BCUT2D eigenvalue weighted by molar-refractivity contribution is 5.95. The third-order valence-corrected chi connectivity index (χ3v) is 6.36. The number of amides is 1. The quantitative estimate of drug-likeness (QED) is 0.439. The minimum Gasteiger partial charge on any atom is -0.353 e. The number of aryl methyl sites for hydroxylation is 2. The van der Waals surface area contributed by atoms with Crippen LogP contribution >= 0.6 is 0 Å². The van der Waals surface area contributed by atoms with Crippen LogP contribution in [0.5, 0.6) is 0 Å². The zero-order chi connectivity index (χ0) is 22.1. The van der Waals surface area contributed by atoms with Crippen LogP contribution in [0.2, 0.25) is 0 Å². The number of hydrogen-bond donors (Lipinski definition) is 0. The Morgan fingerprint density at radius 3 is 2.16 bits per heavy atom. The Kier molecular flexibility index (Phi) is 5.36. The first-order valence-corrected chi connectivity index (χ1v) is 11.2. The number of benzene rings is 3. The minimum atomic E-state index is 0.0998. The van der Waals surface area contributed by atoms with E-state index in [0.29, 0.717) is 13.1 Å². The number of piperazine rings is 1. The van der Waals surface area contributed by atoms with Crippen molar-refractivity contribution in [3.05, 3.63) is 95.6 Å². The Hall–Kier alpha value is -3.66. The molecule has 4 aromatic rings. The Bertz CT molecular complexity index is 1260. The molecule has 1 aliphatic rings. The van der Waals surface area contributed by atoms with Gasteiger partial charge >= 0.3 is 0 Å². The Morgan fingerprint density at radius 1 is 0.750 bits per heavy atom. The Labute approximate surface area is 189 Å². The lowest BCUT2D eigenvalue weighted by atomic mass is 10.0. The summed E-state index contributed by atoms with van der Waals surface area (Å²) in [5, 5.41) is 1.21. The fourth-order valence-electron chi connectivity index (χ4n) is 4.46. The fourth-order valence-corrected chi connectivity index (χ4v) is 4.46. The Morgan fingerprint density at radius 2 is 1.44 bits per heavy atom. The summed E-state index contributed by atoms with van der Waals surface area (Å²) < 4.78 is 0. The number of carbonyl (C=O) groups is 1. The van der Waals surface area contributed by atoms with Crippen molar-refractivity contribution < 1.29 is 4.79 Å². The van der Waals surface area contributed by atoms with E-state index >= 15 is 0 Å². The lowest BCUT2D eigenvalue weighted by Gasteiger charge is -2.35. The molecule has 5 rings (SSSR count). The van der Waals surface area contributed by atoms with Gasteiger partial charge in [-0.1, -0.05) is 60.7 Å². The van der Waals surface area contributed by atoms with Crippen molar-refractivity contribution in [1.29, 1.82) is 0 Å². The van der Waals surface area contributed by atoms with Gasteiger partial charge in [-0.15, -0.1) is 0 Å². The molecule has 1 fully saturated rings. The minimum absolute atomic E-state index is 0.0998. The molecule has 0 radical (unpaired) electrons. The van der Waals surface area contributed by atoms with E-state index in [1.54, 1.807) is 0 Å². The van der Waals surface area contributed by atoms with Gasteiger partial charge in [0.1, 0.15) is 5.82 Å². The smallest absolute Gasteiger partial charge is 0.253 e. The summed E-state index contributed by atoms with van der Waals surface area (Å²) in [4.78, 5) is 22.2. The molecular weight excluding hydrogens is 394 g/mol. The summed E-state index contributed by atoms with van der Waals surface area (Å²) >= 11 is 0. The third kappa shape index (κ3) is 3.84. The maximum Gasteiger partial charge on any atom is 0.253 e. The normalized spacial score (nSPS) is 14.1. The van der Waals surface area contributed by atoms with Gasteiger partial charge in [-0.05, 0) is 54.3 Å². The monoisotopic (exact) mass is 421 g/mol. The summed E-state index contributed by atoms with van der Waals surface area (Å²) in [7, 11) is 0. The van der Waals surface area contributed by atoms with Gasteiger partial charge in [-0.2, -0.15) is 0 Å². The molecule has 3 aromatic carbocycles. The molecule has 0 unspecified atom stereocenters. The zero-order valence-corrected chi connectivity index (χ0v) is 18.6. The van der Waals surface area contributed by atoms with Crippen molar-refractivity contribution in [2.45, 2.75) is 13.8 Å². The van der Waals surface area contributed by atoms with Crippen LogP contribution in [0.15, 0.2) is 78.9 Å². The van der Waals surface area contributed by atoms with Gasteiger partial charge in [0.2, 0.25) is 0 Å².